The number of ether oxygens (including phenoxy) is 1. The van der Waals surface area contributed by atoms with Crippen LogP contribution < -0.4 is 10.6 Å². The molecule has 9 heteroatoms. The first-order chi connectivity index (χ1) is 21.9. The second-order valence-electron chi connectivity index (χ2n) is 13.2. The van der Waals surface area contributed by atoms with Crippen molar-refractivity contribution >= 4 is 29.5 Å². The third-order valence-corrected chi connectivity index (χ3v) is 8.60. The number of nitrogens with zero attached hydrogens (tertiary/aromatic N) is 4. The predicted molar refractivity (Wildman–Crippen MR) is 189 cm³/mol. The maximum Gasteiger partial charge on any atom is 0.225 e. The number of carbonyl (C=O) groups excluding carboxylic acids is 2. The number of rotatable bonds is 6. The first kappa shape index (κ1) is 36.5. The van der Waals surface area contributed by atoms with Crippen molar-refractivity contribution in [2.45, 2.75) is 92.7 Å². The number of hydrogen-bond acceptors (Lipinski definition) is 7. The van der Waals surface area contributed by atoms with Gasteiger partial charge in [-0.2, -0.15) is 0 Å². The molecule has 2 aliphatic rings. The molecule has 0 unspecified atom stereocenters. The number of allylic oxidation sites excluding steroid dienone is 2. The fourth-order valence-electron chi connectivity index (χ4n) is 5.09. The van der Waals surface area contributed by atoms with Gasteiger partial charge in [0.25, 0.3) is 0 Å². The Morgan fingerprint density at radius 2 is 1.78 bits per heavy atom. The average molecular weight is 631 g/mol. The summed E-state index contributed by atoms with van der Waals surface area (Å²) < 4.78 is 4.94. The Kier molecular flexibility index (Phi) is 13.5. The minimum absolute atomic E-state index is 0.0371. The maximum absolute atomic E-state index is 13.3. The van der Waals surface area contributed by atoms with Crippen molar-refractivity contribution in [2.24, 2.45) is 10.9 Å². The number of fused-ring (bicyclic) bond motifs is 4. The molecule has 2 aromatic rings. The Morgan fingerprint density at radius 1 is 1.09 bits per heavy atom. The van der Waals surface area contributed by atoms with Crippen molar-refractivity contribution in [1.82, 2.24) is 14.8 Å². The van der Waals surface area contributed by atoms with Gasteiger partial charge in [0.15, 0.2) is 0 Å². The molecular weight excluding hydrogens is 576 g/mol. The van der Waals surface area contributed by atoms with Gasteiger partial charge in [-0.05, 0) is 120 Å². The van der Waals surface area contributed by atoms with Gasteiger partial charge >= 0.3 is 0 Å². The quantitative estimate of drug-likeness (QED) is 0.335. The van der Waals surface area contributed by atoms with E-state index in [0.717, 1.165) is 83.8 Å². The molecule has 3 heterocycles. The number of aliphatic imine (C=N–C) groups is 1. The van der Waals surface area contributed by atoms with Gasteiger partial charge in [0.1, 0.15) is 11.7 Å². The molecular formula is C37H54N6O3. The number of anilines is 2. The lowest BCUT2D eigenvalue weighted by atomic mass is 9.95. The van der Waals surface area contributed by atoms with E-state index in [-0.39, 0.29) is 17.4 Å². The highest BCUT2D eigenvalue weighted by Gasteiger charge is 2.27. The van der Waals surface area contributed by atoms with Crippen LogP contribution in [0.4, 0.5) is 11.4 Å². The molecule has 2 N–H and O–H groups in total. The second kappa shape index (κ2) is 17.1. The van der Waals surface area contributed by atoms with Gasteiger partial charge in [0.05, 0.1) is 17.5 Å². The monoisotopic (exact) mass is 630 g/mol. The second-order valence-corrected chi connectivity index (χ2v) is 13.2. The number of hydrogen-bond donors (Lipinski definition) is 2. The zero-order valence-electron chi connectivity index (χ0n) is 29.4. The van der Waals surface area contributed by atoms with Crippen molar-refractivity contribution in [1.29, 1.82) is 0 Å². The van der Waals surface area contributed by atoms with E-state index in [4.69, 9.17) is 9.73 Å². The summed E-state index contributed by atoms with van der Waals surface area (Å²) in [6, 6.07) is 8.53. The number of aryl methyl sites for hydroxylation is 2. The molecule has 0 aliphatic carbocycles. The van der Waals surface area contributed by atoms with Gasteiger partial charge in [-0.3, -0.25) is 14.6 Å². The number of likely N-dealkylation sites (tertiary alicyclic amines) is 1. The van der Waals surface area contributed by atoms with Crippen LogP contribution in [-0.4, -0.2) is 65.8 Å². The van der Waals surface area contributed by atoms with Crippen LogP contribution in [0.15, 0.2) is 64.7 Å². The Balaban J connectivity index is 0.000000875. The smallest absolute Gasteiger partial charge is 0.225 e. The van der Waals surface area contributed by atoms with E-state index in [2.05, 4.69) is 66.7 Å². The van der Waals surface area contributed by atoms with Gasteiger partial charge in [-0.15, -0.1) is 0 Å². The molecule has 2 aliphatic heterocycles. The number of benzene rings is 1. The molecule has 0 atom stereocenters. The fraction of sp³-hybridized carbons (Fsp3) is 0.514. The standard InChI is InChI=1S/C32H42N6O2.C5H12O/c1-6-22(3)30-34-28-11-10-27(20-37(5)32(40)25-12-14-38(21-39)15-13-25)26(17-28)9-8-24-16-29(19-33-18-24)35-31(36-30)23(4)7-2;1-5(2,3)6-4/h6,10-11,16-19,21,25,35H,7-9,12-15,20H2,1-5H3,(H,34,36);1-4H3/b22-6-,31-23+;. The van der Waals surface area contributed by atoms with Crippen LogP contribution in [-0.2, 0) is 33.7 Å². The molecule has 0 radical (unpaired) electrons. The van der Waals surface area contributed by atoms with Crippen molar-refractivity contribution in [3.8, 4) is 0 Å². The van der Waals surface area contributed by atoms with Crippen LogP contribution in [0.3, 0.4) is 0 Å². The van der Waals surface area contributed by atoms with Crippen molar-refractivity contribution in [3.05, 3.63) is 76.4 Å². The summed E-state index contributed by atoms with van der Waals surface area (Å²) >= 11 is 0. The summed E-state index contributed by atoms with van der Waals surface area (Å²) in [5.74, 6) is 1.72. The van der Waals surface area contributed by atoms with E-state index in [0.29, 0.717) is 19.6 Å². The van der Waals surface area contributed by atoms with Crippen LogP contribution in [0.5, 0.6) is 0 Å². The van der Waals surface area contributed by atoms with E-state index in [9.17, 15) is 9.59 Å². The number of piperidine rings is 1. The number of amidine groups is 1. The Bertz CT molecular complexity index is 1430. The number of aromatic nitrogens is 1. The number of pyridine rings is 1. The van der Waals surface area contributed by atoms with Gasteiger partial charge in [0.2, 0.25) is 12.3 Å². The molecule has 4 bridgehead atoms. The lowest BCUT2D eigenvalue weighted by Crippen LogP contribution is -2.40. The van der Waals surface area contributed by atoms with Gasteiger partial charge < -0.3 is 25.2 Å². The normalized spacial score (nSPS) is 18.2. The number of amides is 2. The summed E-state index contributed by atoms with van der Waals surface area (Å²) in [5, 5.41) is 7.08. The molecule has 0 spiro atoms. The van der Waals surface area contributed by atoms with Crippen LogP contribution in [0, 0.1) is 5.92 Å². The lowest BCUT2D eigenvalue weighted by Gasteiger charge is -2.31. The van der Waals surface area contributed by atoms with Crippen LogP contribution in [0.2, 0.25) is 0 Å². The summed E-state index contributed by atoms with van der Waals surface area (Å²) in [7, 11) is 3.59. The number of methoxy groups -OCH3 is 1. The number of carbonyl (C=O) groups is 2. The molecule has 1 aromatic heterocycles. The summed E-state index contributed by atoms with van der Waals surface area (Å²) in [6.45, 7) is 16.2. The predicted octanol–water partition coefficient (Wildman–Crippen LogP) is 6.97. The first-order valence-corrected chi connectivity index (χ1v) is 16.4. The highest BCUT2D eigenvalue weighted by molar-refractivity contribution is 6.08. The molecule has 0 saturated carbocycles. The van der Waals surface area contributed by atoms with Gasteiger partial charge in [0, 0.05) is 51.6 Å². The van der Waals surface area contributed by atoms with E-state index in [1.807, 2.05) is 52.0 Å². The highest BCUT2D eigenvalue weighted by atomic mass is 16.5. The van der Waals surface area contributed by atoms with E-state index < -0.39 is 0 Å². The zero-order valence-corrected chi connectivity index (χ0v) is 29.4. The molecule has 9 nitrogen and oxygen atoms in total. The van der Waals surface area contributed by atoms with Crippen molar-refractivity contribution in [3.63, 3.8) is 0 Å². The van der Waals surface area contributed by atoms with E-state index >= 15 is 0 Å². The SMILES string of the molecule is COC(C)(C)C.C\C=C(C)/C1=N\C(=C(/C)CC)Nc2cncc(c2)CCc2cc(ccc2CN(C)C(=O)C2CCN(C=O)CC2)N1. The molecule has 1 fully saturated rings. The fourth-order valence-corrected chi connectivity index (χ4v) is 5.09. The van der Waals surface area contributed by atoms with Crippen LogP contribution >= 0.6 is 0 Å². The van der Waals surface area contributed by atoms with Gasteiger partial charge in [-0.25, -0.2) is 4.99 Å². The number of nitrogens with one attached hydrogen (secondary N) is 2. The molecule has 46 heavy (non-hydrogen) atoms. The zero-order chi connectivity index (χ0) is 33.9. The average Bonchev–Trinajstić information content (AvgIpc) is 3.06. The highest BCUT2D eigenvalue weighted by Crippen LogP contribution is 2.25. The minimum atomic E-state index is -0.0371. The molecule has 4 rings (SSSR count). The van der Waals surface area contributed by atoms with Crippen molar-refractivity contribution < 1.29 is 14.3 Å². The summed E-state index contributed by atoms with van der Waals surface area (Å²) in [4.78, 5) is 37.5. The molecule has 1 aromatic carbocycles. The summed E-state index contributed by atoms with van der Waals surface area (Å²) in [6.07, 6.45) is 10.7. The molecule has 250 valence electrons. The van der Waals surface area contributed by atoms with Gasteiger partial charge in [-0.1, -0.05) is 19.1 Å². The Labute approximate surface area is 276 Å². The maximum atomic E-state index is 13.3. The van der Waals surface area contributed by atoms with E-state index in [1.165, 1.54) is 5.56 Å². The molecule has 2 amide bonds. The topological polar surface area (TPSA) is 99.2 Å². The van der Waals surface area contributed by atoms with Crippen molar-refractivity contribution in [2.75, 3.05) is 37.9 Å². The minimum Gasteiger partial charge on any atom is -0.379 e. The summed E-state index contributed by atoms with van der Waals surface area (Å²) in [5.41, 5.74) is 7.58. The van der Waals surface area contributed by atoms with Crippen LogP contribution in [0.25, 0.3) is 0 Å². The van der Waals surface area contributed by atoms with Crippen LogP contribution in [0.1, 0.15) is 84.4 Å². The first-order valence-electron chi connectivity index (χ1n) is 16.4. The molecule has 1 saturated heterocycles. The van der Waals surface area contributed by atoms with E-state index in [1.54, 1.807) is 12.0 Å². The Morgan fingerprint density at radius 3 is 2.39 bits per heavy atom. The lowest BCUT2D eigenvalue weighted by molar-refractivity contribution is -0.137. The third kappa shape index (κ3) is 10.8. The Hall–Kier alpha value is -3.98. The third-order valence-electron chi connectivity index (χ3n) is 8.60. The largest absolute Gasteiger partial charge is 0.379 e.